The van der Waals surface area contributed by atoms with Crippen LogP contribution in [0.3, 0.4) is 0 Å². The highest BCUT2D eigenvalue weighted by molar-refractivity contribution is 9.10. The minimum Gasteiger partial charge on any atom is -0.465 e. The molecule has 0 atom stereocenters. The van der Waals surface area contributed by atoms with Crippen LogP contribution < -0.4 is 0 Å². The van der Waals surface area contributed by atoms with Crippen molar-refractivity contribution in [2.45, 2.75) is 0 Å². The Balaban J connectivity index is 2.53. The average Bonchev–Trinajstić information content (AvgIpc) is 2.77. The van der Waals surface area contributed by atoms with Gasteiger partial charge in [0.2, 0.25) is 0 Å². The maximum Gasteiger partial charge on any atom is 0.348 e. The summed E-state index contributed by atoms with van der Waals surface area (Å²) in [6.07, 6.45) is 3.40. The normalized spacial score (nSPS) is 10.1. The van der Waals surface area contributed by atoms with Gasteiger partial charge in [0.25, 0.3) is 0 Å². The van der Waals surface area contributed by atoms with Gasteiger partial charge >= 0.3 is 5.97 Å². The molecule has 16 heavy (non-hydrogen) atoms. The molecule has 0 unspecified atom stereocenters. The highest BCUT2D eigenvalue weighted by Gasteiger charge is 2.16. The third-order valence-corrected chi connectivity index (χ3v) is 3.63. The molecule has 2 aromatic heterocycles. The maximum atomic E-state index is 11.5. The summed E-state index contributed by atoms with van der Waals surface area (Å²) >= 11 is 4.78. The Morgan fingerprint density at radius 2 is 2.25 bits per heavy atom. The molecule has 0 aliphatic heterocycles. The van der Waals surface area contributed by atoms with Gasteiger partial charge in [0.1, 0.15) is 4.88 Å². The molecule has 0 saturated heterocycles. The van der Waals surface area contributed by atoms with Gasteiger partial charge in [-0.15, -0.1) is 11.3 Å². The number of halogens is 1. The van der Waals surface area contributed by atoms with E-state index in [0.29, 0.717) is 4.88 Å². The molecular weight excluding hydrogens is 290 g/mol. The van der Waals surface area contributed by atoms with E-state index in [1.54, 1.807) is 12.4 Å². The first-order chi connectivity index (χ1) is 7.74. The minimum atomic E-state index is -0.311. The molecule has 0 bridgehead atoms. The quantitative estimate of drug-likeness (QED) is 0.798. The molecule has 2 rings (SSSR count). The lowest BCUT2D eigenvalue weighted by Gasteiger charge is -2.04. The zero-order chi connectivity index (χ0) is 11.5. The average molecular weight is 298 g/mol. The number of pyridine rings is 1. The second-order valence-electron chi connectivity index (χ2n) is 3.01. The summed E-state index contributed by atoms with van der Waals surface area (Å²) < 4.78 is 5.60. The predicted molar refractivity (Wildman–Crippen MR) is 66.6 cm³/mol. The van der Waals surface area contributed by atoms with Gasteiger partial charge in [-0.05, 0) is 33.4 Å². The lowest BCUT2D eigenvalue weighted by Crippen LogP contribution is -1.99. The molecular formula is C11H8BrNO2S. The first-order valence-corrected chi connectivity index (χ1v) is 6.17. The number of rotatable bonds is 2. The van der Waals surface area contributed by atoms with Crippen LogP contribution in [0.15, 0.2) is 34.4 Å². The van der Waals surface area contributed by atoms with E-state index in [-0.39, 0.29) is 5.97 Å². The molecule has 5 heteroatoms. The number of esters is 1. The number of carbonyl (C=O) groups is 1. The zero-order valence-corrected chi connectivity index (χ0v) is 10.8. The van der Waals surface area contributed by atoms with Crippen molar-refractivity contribution in [3.05, 3.63) is 39.3 Å². The largest absolute Gasteiger partial charge is 0.465 e. The topological polar surface area (TPSA) is 39.2 Å². The Hall–Kier alpha value is -1.20. The van der Waals surface area contributed by atoms with Crippen molar-refractivity contribution in [1.82, 2.24) is 4.98 Å². The molecule has 2 heterocycles. The van der Waals surface area contributed by atoms with E-state index in [1.807, 2.05) is 17.5 Å². The van der Waals surface area contributed by atoms with Crippen LogP contribution in [0, 0.1) is 0 Å². The van der Waals surface area contributed by atoms with Gasteiger partial charge in [-0.2, -0.15) is 0 Å². The highest BCUT2D eigenvalue weighted by Crippen LogP contribution is 2.33. The van der Waals surface area contributed by atoms with Gasteiger partial charge in [0.05, 0.1) is 7.11 Å². The number of thiophene rings is 1. The van der Waals surface area contributed by atoms with Gasteiger partial charge in [-0.3, -0.25) is 4.98 Å². The van der Waals surface area contributed by atoms with Crippen LogP contribution in [-0.4, -0.2) is 18.1 Å². The highest BCUT2D eigenvalue weighted by atomic mass is 79.9. The minimum absolute atomic E-state index is 0.311. The van der Waals surface area contributed by atoms with E-state index < -0.39 is 0 Å². The lowest BCUT2D eigenvalue weighted by atomic mass is 10.1. The molecule has 0 fully saturated rings. The van der Waals surface area contributed by atoms with E-state index >= 15 is 0 Å². The summed E-state index contributed by atoms with van der Waals surface area (Å²) in [5.74, 6) is -0.311. The number of hydrogen-bond acceptors (Lipinski definition) is 4. The number of methoxy groups -OCH3 is 1. The fourth-order valence-corrected chi connectivity index (χ4v) is 2.65. The molecule has 82 valence electrons. The van der Waals surface area contributed by atoms with Crippen molar-refractivity contribution < 1.29 is 9.53 Å². The standard InChI is InChI=1S/C11H8BrNO2S/c1-15-11(14)10-8(3-5-16-10)7-2-4-13-6-9(7)12/h2-6H,1H3. The van der Waals surface area contributed by atoms with Gasteiger partial charge in [0, 0.05) is 28.0 Å². The van der Waals surface area contributed by atoms with Crippen LogP contribution in [0.5, 0.6) is 0 Å². The zero-order valence-electron chi connectivity index (χ0n) is 8.44. The second-order valence-corrected chi connectivity index (χ2v) is 4.78. The van der Waals surface area contributed by atoms with Crippen LogP contribution >= 0.6 is 27.3 Å². The Labute approximate surface area is 105 Å². The third-order valence-electron chi connectivity index (χ3n) is 2.10. The van der Waals surface area contributed by atoms with E-state index in [4.69, 9.17) is 4.74 Å². The summed E-state index contributed by atoms with van der Waals surface area (Å²) in [6.45, 7) is 0. The summed E-state index contributed by atoms with van der Waals surface area (Å²) in [6, 6.07) is 3.76. The Morgan fingerprint density at radius 1 is 1.44 bits per heavy atom. The van der Waals surface area contributed by atoms with Crippen LogP contribution in [0.1, 0.15) is 9.67 Å². The summed E-state index contributed by atoms with van der Waals surface area (Å²) in [5, 5.41) is 1.87. The van der Waals surface area contributed by atoms with Crippen LogP contribution in [0.2, 0.25) is 0 Å². The number of hydrogen-bond donors (Lipinski definition) is 0. The van der Waals surface area contributed by atoms with Gasteiger partial charge < -0.3 is 4.74 Å². The molecule has 0 N–H and O–H groups in total. The third kappa shape index (κ3) is 2.01. The van der Waals surface area contributed by atoms with Crippen LogP contribution in [0.4, 0.5) is 0 Å². The second kappa shape index (κ2) is 4.76. The molecule has 0 saturated carbocycles. The fourth-order valence-electron chi connectivity index (χ4n) is 1.37. The van der Waals surface area contributed by atoms with Crippen molar-refractivity contribution in [2.75, 3.05) is 7.11 Å². The molecule has 0 aliphatic carbocycles. The molecule has 0 amide bonds. The number of aromatic nitrogens is 1. The maximum absolute atomic E-state index is 11.5. The van der Waals surface area contributed by atoms with Crippen LogP contribution in [-0.2, 0) is 4.74 Å². The Bertz CT molecular complexity index is 524. The molecule has 0 spiro atoms. The van der Waals surface area contributed by atoms with Gasteiger partial charge in [-0.1, -0.05) is 0 Å². The summed E-state index contributed by atoms with van der Waals surface area (Å²) in [7, 11) is 1.38. The smallest absolute Gasteiger partial charge is 0.348 e. The Kier molecular flexibility index (Phi) is 3.36. The SMILES string of the molecule is COC(=O)c1sccc1-c1ccncc1Br. The molecule has 2 aromatic rings. The summed E-state index contributed by atoms with van der Waals surface area (Å²) in [4.78, 5) is 16.1. The van der Waals surface area contributed by atoms with E-state index in [1.165, 1.54) is 18.4 Å². The van der Waals surface area contributed by atoms with Crippen molar-refractivity contribution >= 4 is 33.2 Å². The van der Waals surface area contributed by atoms with E-state index in [9.17, 15) is 4.79 Å². The molecule has 0 aliphatic rings. The van der Waals surface area contributed by atoms with Crippen molar-refractivity contribution in [1.29, 1.82) is 0 Å². The first kappa shape index (κ1) is 11.3. The monoisotopic (exact) mass is 297 g/mol. The fraction of sp³-hybridized carbons (Fsp3) is 0.0909. The molecule has 0 aromatic carbocycles. The van der Waals surface area contributed by atoms with Gasteiger partial charge in [0.15, 0.2) is 0 Å². The number of nitrogens with zero attached hydrogens (tertiary/aromatic N) is 1. The number of ether oxygens (including phenoxy) is 1. The molecule has 0 radical (unpaired) electrons. The van der Waals surface area contributed by atoms with Gasteiger partial charge in [-0.25, -0.2) is 4.79 Å². The lowest BCUT2D eigenvalue weighted by molar-refractivity contribution is 0.0607. The predicted octanol–water partition coefficient (Wildman–Crippen LogP) is 3.36. The Morgan fingerprint density at radius 3 is 2.94 bits per heavy atom. The van der Waals surface area contributed by atoms with Crippen molar-refractivity contribution in [3.8, 4) is 11.1 Å². The first-order valence-electron chi connectivity index (χ1n) is 4.49. The molecule has 3 nitrogen and oxygen atoms in total. The number of carbonyl (C=O) groups excluding carboxylic acids is 1. The summed E-state index contributed by atoms with van der Waals surface area (Å²) in [5.41, 5.74) is 1.81. The van der Waals surface area contributed by atoms with Crippen molar-refractivity contribution in [3.63, 3.8) is 0 Å². The van der Waals surface area contributed by atoms with Crippen molar-refractivity contribution in [2.24, 2.45) is 0 Å². The van der Waals surface area contributed by atoms with E-state index in [2.05, 4.69) is 20.9 Å². The van der Waals surface area contributed by atoms with Crippen LogP contribution in [0.25, 0.3) is 11.1 Å². The van der Waals surface area contributed by atoms with E-state index in [0.717, 1.165) is 15.6 Å².